The minimum Gasteiger partial charge on any atom is -0.336 e. The number of thiophene rings is 1. The number of hydrogen-bond donors (Lipinski definition) is 0. The van der Waals surface area contributed by atoms with Gasteiger partial charge in [0.1, 0.15) is 5.69 Å². The van der Waals surface area contributed by atoms with Crippen LogP contribution < -0.4 is 0 Å². The van der Waals surface area contributed by atoms with E-state index in [9.17, 15) is 10.1 Å². The molecule has 3 aromatic rings. The van der Waals surface area contributed by atoms with Crippen molar-refractivity contribution in [2.45, 2.75) is 0 Å². The number of non-ortho nitro benzene ring substituents is 1. The number of nitrogens with zero attached hydrogens (tertiary/aromatic N) is 3. The molecule has 0 aliphatic carbocycles. The molecule has 2 aromatic heterocycles. The van der Waals surface area contributed by atoms with Crippen molar-refractivity contribution in [3.05, 3.63) is 63.5 Å². The largest absolute Gasteiger partial charge is 0.336 e. The monoisotopic (exact) mass is 299 g/mol. The van der Waals surface area contributed by atoms with Gasteiger partial charge in [0, 0.05) is 24.4 Å². The van der Waals surface area contributed by atoms with Crippen molar-refractivity contribution in [3.63, 3.8) is 0 Å². The summed E-state index contributed by atoms with van der Waals surface area (Å²) in [7, 11) is 0. The molecule has 0 bridgehead atoms. The summed E-state index contributed by atoms with van der Waals surface area (Å²) in [5, 5.41) is 16.5. The lowest BCUT2D eigenvalue weighted by molar-refractivity contribution is -0.384. The van der Waals surface area contributed by atoms with Crippen molar-refractivity contribution in [2.75, 3.05) is 0 Å². The smallest absolute Gasteiger partial charge is 0.269 e. The van der Waals surface area contributed by atoms with Crippen molar-refractivity contribution < 1.29 is 9.45 Å². The summed E-state index contributed by atoms with van der Waals surface area (Å²) < 4.78 is 5.12. The topological polar surface area (TPSA) is 81.5 Å². The fourth-order valence-corrected chi connectivity index (χ4v) is 2.36. The van der Waals surface area contributed by atoms with E-state index in [0.717, 1.165) is 16.1 Å². The number of benzene rings is 1. The van der Waals surface area contributed by atoms with Crippen molar-refractivity contribution in [1.29, 1.82) is 0 Å². The van der Waals surface area contributed by atoms with E-state index in [2.05, 4.69) is 10.1 Å². The molecule has 1 aromatic carbocycles. The minimum absolute atomic E-state index is 0.0480. The maximum Gasteiger partial charge on any atom is 0.269 e. The van der Waals surface area contributed by atoms with Crippen LogP contribution >= 0.6 is 11.3 Å². The number of rotatable bonds is 4. The number of nitro benzene ring substituents is 1. The minimum atomic E-state index is -0.440. The fraction of sp³-hybridized carbons (Fsp3) is 0. The normalized spacial score (nSPS) is 11.0. The van der Waals surface area contributed by atoms with Crippen LogP contribution in [0.3, 0.4) is 0 Å². The van der Waals surface area contributed by atoms with E-state index in [-0.39, 0.29) is 5.69 Å². The predicted molar refractivity (Wildman–Crippen MR) is 80.2 cm³/mol. The highest BCUT2D eigenvalue weighted by atomic mass is 32.1. The maximum absolute atomic E-state index is 10.6. The standard InChI is InChI=1S/C14H9N3O3S/c18-17(19)11-5-3-10(4-6-11)9-15-14-8-12(16-20-14)13-2-1-7-21-13/h1-9H/b15-9+. The van der Waals surface area contributed by atoms with Crippen LogP contribution in [0.15, 0.2) is 57.4 Å². The Labute approximate surface area is 123 Å². The summed E-state index contributed by atoms with van der Waals surface area (Å²) >= 11 is 1.57. The van der Waals surface area contributed by atoms with Crippen molar-refractivity contribution in [1.82, 2.24) is 5.16 Å². The summed E-state index contributed by atoms with van der Waals surface area (Å²) in [4.78, 5) is 15.3. The first kappa shape index (κ1) is 13.2. The third-order valence-electron chi connectivity index (χ3n) is 2.72. The molecule has 3 rings (SSSR count). The molecule has 0 amide bonds. The van der Waals surface area contributed by atoms with Gasteiger partial charge in [-0.2, -0.15) is 0 Å². The predicted octanol–water partition coefficient (Wildman–Crippen LogP) is 4.06. The van der Waals surface area contributed by atoms with Crippen LogP contribution in [0.2, 0.25) is 0 Å². The molecule has 0 fully saturated rings. The second kappa shape index (κ2) is 5.68. The van der Waals surface area contributed by atoms with E-state index >= 15 is 0 Å². The van der Waals surface area contributed by atoms with Gasteiger partial charge in [-0.15, -0.1) is 11.3 Å². The Morgan fingerprint density at radius 3 is 2.76 bits per heavy atom. The SMILES string of the molecule is O=[N+]([O-])c1ccc(/C=N/c2cc(-c3cccs3)no2)cc1. The molecule has 104 valence electrons. The first-order chi connectivity index (χ1) is 10.2. The van der Waals surface area contributed by atoms with Crippen molar-refractivity contribution in [2.24, 2.45) is 4.99 Å². The Balaban J connectivity index is 1.75. The van der Waals surface area contributed by atoms with Crippen LogP contribution in [-0.2, 0) is 0 Å². The summed E-state index contributed by atoms with van der Waals surface area (Å²) in [6, 6.07) is 11.7. The highest BCUT2D eigenvalue weighted by Gasteiger charge is 2.06. The Morgan fingerprint density at radius 1 is 1.29 bits per heavy atom. The van der Waals surface area contributed by atoms with E-state index < -0.39 is 4.92 Å². The molecule has 0 saturated heterocycles. The van der Waals surface area contributed by atoms with Gasteiger partial charge in [0.2, 0.25) is 0 Å². The molecular formula is C14H9N3O3S. The van der Waals surface area contributed by atoms with Crippen molar-refractivity contribution in [3.8, 4) is 10.6 Å². The number of aromatic nitrogens is 1. The highest BCUT2D eigenvalue weighted by molar-refractivity contribution is 7.13. The first-order valence-corrected chi connectivity index (χ1v) is 6.89. The summed E-state index contributed by atoms with van der Waals surface area (Å²) in [5.74, 6) is 0.386. The molecule has 0 aliphatic heterocycles. The molecule has 0 N–H and O–H groups in total. The van der Waals surface area contributed by atoms with Gasteiger partial charge in [-0.05, 0) is 29.1 Å². The van der Waals surface area contributed by atoms with Crippen LogP contribution in [0.5, 0.6) is 0 Å². The molecule has 7 heteroatoms. The van der Waals surface area contributed by atoms with Gasteiger partial charge < -0.3 is 4.52 Å². The van der Waals surface area contributed by atoms with E-state index in [1.54, 1.807) is 35.8 Å². The van der Waals surface area contributed by atoms with E-state index in [4.69, 9.17) is 4.52 Å². The Morgan fingerprint density at radius 2 is 2.10 bits per heavy atom. The first-order valence-electron chi connectivity index (χ1n) is 6.01. The number of nitro groups is 1. The lowest BCUT2D eigenvalue weighted by atomic mass is 10.2. The second-order valence-corrected chi connectivity index (χ2v) is 5.08. The molecule has 0 atom stereocenters. The highest BCUT2D eigenvalue weighted by Crippen LogP contribution is 2.26. The molecule has 6 nitrogen and oxygen atoms in total. The molecule has 0 saturated carbocycles. The zero-order valence-corrected chi connectivity index (χ0v) is 11.5. The Hall–Kier alpha value is -2.80. The van der Waals surface area contributed by atoms with E-state index in [0.29, 0.717) is 5.88 Å². The zero-order chi connectivity index (χ0) is 14.7. The van der Waals surface area contributed by atoms with Crippen LogP contribution in [0, 0.1) is 10.1 Å². The molecule has 0 unspecified atom stereocenters. The maximum atomic E-state index is 10.6. The van der Waals surface area contributed by atoms with Gasteiger partial charge in [0.05, 0.1) is 9.80 Å². The van der Waals surface area contributed by atoms with E-state index in [1.807, 2.05) is 17.5 Å². The van der Waals surface area contributed by atoms with Crippen LogP contribution in [0.4, 0.5) is 11.6 Å². The van der Waals surface area contributed by atoms with Gasteiger partial charge in [-0.1, -0.05) is 11.2 Å². The average molecular weight is 299 g/mol. The van der Waals surface area contributed by atoms with Gasteiger partial charge >= 0.3 is 0 Å². The van der Waals surface area contributed by atoms with Crippen molar-refractivity contribution >= 4 is 29.1 Å². The second-order valence-electron chi connectivity index (χ2n) is 4.13. The quantitative estimate of drug-likeness (QED) is 0.413. The molecule has 0 aliphatic rings. The lowest BCUT2D eigenvalue weighted by Crippen LogP contribution is -1.88. The van der Waals surface area contributed by atoms with Gasteiger partial charge in [-0.3, -0.25) is 10.1 Å². The Kier molecular flexibility index (Phi) is 3.57. The molecule has 2 heterocycles. The fourth-order valence-electron chi connectivity index (χ4n) is 1.69. The number of hydrogen-bond acceptors (Lipinski definition) is 6. The third kappa shape index (κ3) is 3.03. The Bertz CT molecular complexity index is 776. The van der Waals surface area contributed by atoms with Gasteiger partial charge in [0.25, 0.3) is 11.6 Å². The number of aliphatic imine (C=N–C) groups is 1. The molecule has 0 radical (unpaired) electrons. The van der Waals surface area contributed by atoms with Gasteiger partial charge in [0.15, 0.2) is 0 Å². The van der Waals surface area contributed by atoms with Crippen LogP contribution in [0.1, 0.15) is 5.56 Å². The van der Waals surface area contributed by atoms with Crippen LogP contribution in [0.25, 0.3) is 10.6 Å². The van der Waals surface area contributed by atoms with Gasteiger partial charge in [-0.25, -0.2) is 4.99 Å². The molecule has 21 heavy (non-hydrogen) atoms. The van der Waals surface area contributed by atoms with Crippen LogP contribution in [-0.4, -0.2) is 16.3 Å². The summed E-state index contributed by atoms with van der Waals surface area (Å²) in [6.07, 6.45) is 1.57. The zero-order valence-electron chi connectivity index (χ0n) is 10.7. The average Bonchev–Trinajstić information content (AvgIpc) is 3.16. The summed E-state index contributed by atoms with van der Waals surface area (Å²) in [6.45, 7) is 0. The van der Waals surface area contributed by atoms with E-state index in [1.165, 1.54) is 12.1 Å². The molecule has 0 spiro atoms. The summed E-state index contributed by atoms with van der Waals surface area (Å²) in [5.41, 5.74) is 1.53. The third-order valence-corrected chi connectivity index (χ3v) is 3.61. The lowest BCUT2D eigenvalue weighted by Gasteiger charge is -1.92. The molecular weight excluding hydrogens is 290 g/mol.